The van der Waals surface area contributed by atoms with Gasteiger partial charge in [0.25, 0.3) is 0 Å². The predicted molar refractivity (Wildman–Crippen MR) is 149 cm³/mol. The van der Waals surface area contributed by atoms with Crippen LogP contribution in [0.25, 0.3) is 0 Å². The molecule has 0 atom stereocenters. The molecule has 0 aliphatic heterocycles. The summed E-state index contributed by atoms with van der Waals surface area (Å²) in [6.07, 6.45) is -21.1. The normalized spacial score (nSPS) is 14.0. The first-order chi connectivity index (χ1) is 24.1. The number of hydrogen-bond acceptors (Lipinski definition) is 6. The standard InChI is InChI=1S/3C10H10F7O2.Tm/c3*1-7(2,3)5(18)4-6(19)8(11,12)9(13,14)10(15,16)17;/h3*4H,1-3H3;/q3*-1;+3. The van der Waals surface area contributed by atoms with E-state index in [9.17, 15) is 121 Å². The molecule has 0 radical (unpaired) electrons. The maximum atomic E-state index is 12.8. The van der Waals surface area contributed by atoms with Gasteiger partial charge in [0, 0.05) is 17.3 Å². The van der Waals surface area contributed by atoms with Gasteiger partial charge in [0.1, 0.15) is 0 Å². The quantitative estimate of drug-likeness (QED) is 0.110. The van der Waals surface area contributed by atoms with E-state index in [0.717, 1.165) is 0 Å². The molecule has 0 bridgehead atoms. The molecule has 0 N–H and O–H groups in total. The molecule has 0 aliphatic carbocycles. The van der Waals surface area contributed by atoms with Crippen LogP contribution in [0.1, 0.15) is 62.3 Å². The SMILES string of the molecule is CC(C)(C)C(=O)[CH-]C(=O)C(F)(F)C(F)(F)C(F)(F)F.CC(C)(C)C(=O)[CH-]C(=O)C(F)(F)C(F)(F)C(F)(F)F.CC(C)(C)C(=O)[CH-]C(=O)C(F)(F)C(F)(F)C(F)(F)F.[Tm+3]. The van der Waals surface area contributed by atoms with E-state index in [2.05, 4.69) is 0 Å². The Bertz CT molecular complexity index is 1310. The summed E-state index contributed by atoms with van der Waals surface area (Å²) in [5.74, 6) is -50.2. The molecule has 0 aromatic heterocycles. The second kappa shape index (κ2) is 19.0. The van der Waals surface area contributed by atoms with Gasteiger partial charge in [0.15, 0.2) is 0 Å². The molecule has 6 nitrogen and oxygen atoms in total. The van der Waals surface area contributed by atoms with Gasteiger partial charge in [0.2, 0.25) is 0 Å². The summed E-state index contributed by atoms with van der Waals surface area (Å²) in [5.41, 5.74) is -4.09. The molecule has 0 aromatic rings. The van der Waals surface area contributed by atoms with E-state index in [1.54, 1.807) is 0 Å². The van der Waals surface area contributed by atoms with Crippen molar-refractivity contribution in [2.75, 3.05) is 0 Å². The van der Waals surface area contributed by atoms with E-state index in [1.165, 1.54) is 62.3 Å². The van der Waals surface area contributed by atoms with E-state index >= 15 is 0 Å². The summed E-state index contributed by atoms with van der Waals surface area (Å²) in [5, 5.41) is 0. The molecule has 28 heteroatoms. The third kappa shape index (κ3) is 14.8. The second-order valence-corrected chi connectivity index (χ2v) is 14.3. The number of Topliss-reactive ketones (excluding diaryl/α,β-unsaturated/α-hetero) is 6. The minimum Gasteiger partial charge on any atom is -0.333 e. The molecule has 0 spiro atoms. The van der Waals surface area contributed by atoms with Crippen LogP contribution in [0, 0.1) is 72.4 Å². The minimum atomic E-state index is -6.61. The third-order valence-electron chi connectivity index (χ3n) is 6.18. The molecule has 0 saturated heterocycles. The van der Waals surface area contributed by atoms with Gasteiger partial charge < -0.3 is 28.8 Å². The van der Waals surface area contributed by atoms with Crippen molar-refractivity contribution in [1.82, 2.24) is 0 Å². The van der Waals surface area contributed by atoms with Crippen molar-refractivity contribution in [2.24, 2.45) is 16.2 Å². The van der Waals surface area contributed by atoms with E-state index < -0.39 is 124 Å². The maximum Gasteiger partial charge on any atom is 3.00 e. The Labute approximate surface area is 343 Å². The Balaban J connectivity index is -0.000000374. The van der Waals surface area contributed by atoms with E-state index in [-0.39, 0.29) is 36.9 Å². The number of carbonyl (C=O) groups is 6. The van der Waals surface area contributed by atoms with Crippen molar-refractivity contribution in [1.29, 1.82) is 0 Å². The third-order valence-corrected chi connectivity index (χ3v) is 6.18. The molecule has 0 saturated carbocycles. The van der Waals surface area contributed by atoms with Crippen molar-refractivity contribution in [3.8, 4) is 0 Å². The van der Waals surface area contributed by atoms with Crippen molar-refractivity contribution in [3.63, 3.8) is 0 Å². The van der Waals surface area contributed by atoms with Crippen LogP contribution in [0.4, 0.5) is 92.2 Å². The fourth-order valence-electron chi connectivity index (χ4n) is 2.28. The Morgan fingerprint density at radius 2 is 0.397 bits per heavy atom. The minimum absolute atomic E-state index is 0. The van der Waals surface area contributed by atoms with Crippen molar-refractivity contribution >= 4 is 34.7 Å². The number of hydrogen-bond donors (Lipinski definition) is 0. The molecule has 0 unspecified atom stereocenters. The predicted octanol–water partition coefficient (Wildman–Crippen LogP) is 9.62. The Kier molecular flexibility index (Phi) is 20.3. The van der Waals surface area contributed by atoms with Gasteiger partial charge >= 0.3 is 90.9 Å². The fourth-order valence-corrected chi connectivity index (χ4v) is 2.28. The van der Waals surface area contributed by atoms with Gasteiger partial charge in [0.05, 0.1) is 17.3 Å². The van der Waals surface area contributed by atoms with E-state index in [4.69, 9.17) is 0 Å². The van der Waals surface area contributed by atoms with E-state index in [1.807, 2.05) is 0 Å². The van der Waals surface area contributed by atoms with Crippen molar-refractivity contribution in [2.45, 2.75) is 116 Å². The zero-order valence-electron chi connectivity index (χ0n) is 30.4. The Morgan fingerprint density at radius 3 is 0.483 bits per heavy atom. The average Bonchev–Trinajstić information content (AvgIpc) is 2.93. The summed E-state index contributed by atoms with van der Waals surface area (Å²) in [6.45, 7) is 10.6. The molecule has 346 valence electrons. The van der Waals surface area contributed by atoms with E-state index in [0.29, 0.717) is 0 Å². The largest absolute Gasteiger partial charge is 3.00 e. The molecule has 0 aliphatic rings. The smallest absolute Gasteiger partial charge is 0.333 e. The average molecular weight is 1050 g/mol. The summed E-state index contributed by atoms with van der Waals surface area (Å²) in [7, 11) is 0. The number of rotatable bonds is 12. The van der Waals surface area contributed by atoms with Gasteiger partial charge in [-0.2, -0.15) is 92.2 Å². The zero-order chi connectivity index (χ0) is 47.6. The number of halogens is 21. The molecule has 0 heterocycles. The molecule has 0 rings (SSSR count). The van der Waals surface area contributed by atoms with Crippen LogP contribution < -0.4 is 0 Å². The molecule has 0 fully saturated rings. The fraction of sp³-hybridized carbons (Fsp3) is 0.700. The molecular formula is C30H30F21O6Tm. The number of alkyl halides is 21. The van der Waals surface area contributed by atoms with Gasteiger partial charge in [-0.05, 0) is 16.2 Å². The van der Waals surface area contributed by atoms with Crippen LogP contribution in [0.3, 0.4) is 0 Å². The molecule has 58 heavy (non-hydrogen) atoms. The first-order valence-electron chi connectivity index (χ1n) is 14.4. The number of carbonyl (C=O) groups excluding carboxylic acids is 6. The van der Waals surface area contributed by atoms with Crippen LogP contribution in [-0.4, -0.2) is 88.8 Å². The summed E-state index contributed by atoms with van der Waals surface area (Å²) >= 11 is 0. The van der Waals surface area contributed by atoms with Crippen LogP contribution in [0.5, 0.6) is 0 Å². The summed E-state index contributed by atoms with van der Waals surface area (Å²) in [6, 6.07) is 0. The molecular weight excluding hydrogens is 1020 g/mol. The maximum absolute atomic E-state index is 12.8. The number of ketones is 6. The van der Waals surface area contributed by atoms with Crippen molar-refractivity contribution in [3.05, 3.63) is 19.3 Å². The van der Waals surface area contributed by atoms with Gasteiger partial charge in [-0.25, -0.2) is 0 Å². The summed E-state index contributed by atoms with van der Waals surface area (Å²) in [4.78, 5) is 65.9. The Hall–Kier alpha value is -2.61. The topological polar surface area (TPSA) is 102 Å². The molecule has 0 aromatic carbocycles. The molecule has 0 amide bonds. The monoisotopic (exact) mass is 1050 g/mol. The Morgan fingerprint density at radius 1 is 0.276 bits per heavy atom. The zero-order valence-corrected chi connectivity index (χ0v) is 32.2. The van der Waals surface area contributed by atoms with Gasteiger partial charge in [-0.1, -0.05) is 62.3 Å². The van der Waals surface area contributed by atoms with Crippen molar-refractivity contribution < 1.29 is 158 Å². The van der Waals surface area contributed by atoms with Crippen LogP contribution in [0.2, 0.25) is 0 Å². The van der Waals surface area contributed by atoms with Crippen LogP contribution in [0.15, 0.2) is 0 Å². The van der Waals surface area contributed by atoms with Gasteiger partial charge in [-0.3, -0.25) is 19.3 Å². The summed E-state index contributed by atoms with van der Waals surface area (Å²) < 4.78 is 258. The van der Waals surface area contributed by atoms with Crippen LogP contribution in [-0.2, 0) is 28.8 Å². The van der Waals surface area contributed by atoms with Gasteiger partial charge in [-0.15, -0.1) is 0 Å². The second-order valence-electron chi connectivity index (χ2n) is 14.3. The van der Waals surface area contributed by atoms with Crippen LogP contribution >= 0.6 is 0 Å². The first-order valence-corrected chi connectivity index (χ1v) is 14.4. The first kappa shape index (κ1) is 62.0.